The summed E-state index contributed by atoms with van der Waals surface area (Å²) < 4.78 is 10.0. The molecule has 2 aromatic rings. The van der Waals surface area contributed by atoms with Crippen LogP contribution in [0.1, 0.15) is 23.2 Å². The highest BCUT2D eigenvalue weighted by Gasteiger charge is 2.07. The number of hydrazone groups is 1. The molecule has 0 bridgehead atoms. The Labute approximate surface area is 91.7 Å². The molecule has 0 atom stereocenters. The average Bonchev–Trinajstić information content (AvgIpc) is 2.95. The predicted octanol–water partition coefficient (Wildman–Crippen LogP) is 2.03. The van der Waals surface area contributed by atoms with Crippen molar-refractivity contribution < 1.29 is 13.6 Å². The zero-order chi connectivity index (χ0) is 11.4. The molecule has 16 heavy (non-hydrogen) atoms. The van der Waals surface area contributed by atoms with Crippen LogP contribution in [-0.2, 0) is 0 Å². The van der Waals surface area contributed by atoms with Gasteiger partial charge in [0.25, 0.3) is 0 Å². The molecule has 2 rings (SSSR count). The Bertz CT molecular complexity index is 483. The van der Waals surface area contributed by atoms with Crippen LogP contribution in [-0.4, -0.2) is 11.6 Å². The van der Waals surface area contributed by atoms with Crippen LogP contribution in [0.4, 0.5) is 0 Å². The Morgan fingerprint density at radius 1 is 1.19 bits per heavy atom. The van der Waals surface area contributed by atoms with Crippen molar-refractivity contribution in [3.63, 3.8) is 0 Å². The first-order valence-electron chi connectivity index (χ1n) is 4.69. The summed E-state index contributed by atoms with van der Waals surface area (Å²) in [6, 6.07) is 6.71. The van der Waals surface area contributed by atoms with E-state index < -0.39 is 5.91 Å². The Balaban J connectivity index is 2.02. The molecule has 0 spiro atoms. The topological polar surface area (TPSA) is 67.7 Å². The summed E-state index contributed by atoms with van der Waals surface area (Å²) in [7, 11) is 0. The quantitative estimate of drug-likeness (QED) is 0.633. The van der Waals surface area contributed by atoms with Gasteiger partial charge in [0.1, 0.15) is 11.5 Å². The summed E-state index contributed by atoms with van der Waals surface area (Å²) in [6.07, 6.45) is 2.97. The van der Waals surface area contributed by atoms with Gasteiger partial charge in [-0.15, -0.1) is 0 Å². The van der Waals surface area contributed by atoms with E-state index in [2.05, 4.69) is 10.5 Å². The van der Waals surface area contributed by atoms with E-state index in [1.807, 2.05) is 0 Å². The molecule has 0 saturated heterocycles. The third-order valence-electron chi connectivity index (χ3n) is 1.95. The fourth-order valence-electron chi connectivity index (χ4n) is 1.14. The van der Waals surface area contributed by atoms with Crippen LogP contribution < -0.4 is 5.43 Å². The number of furan rings is 2. The van der Waals surface area contributed by atoms with Gasteiger partial charge in [-0.05, 0) is 31.2 Å². The molecule has 1 N–H and O–H groups in total. The van der Waals surface area contributed by atoms with Crippen molar-refractivity contribution in [2.75, 3.05) is 0 Å². The smallest absolute Gasteiger partial charge is 0.307 e. The number of nitrogens with zero attached hydrogens (tertiary/aromatic N) is 1. The number of carbonyl (C=O) groups excluding carboxylic acids is 1. The van der Waals surface area contributed by atoms with Crippen LogP contribution in [0.15, 0.2) is 50.7 Å². The summed E-state index contributed by atoms with van der Waals surface area (Å²) in [4.78, 5) is 11.4. The van der Waals surface area contributed by atoms with E-state index in [1.54, 1.807) is 37.5 Å². The zero-order valence-electron chi connectivity index (χ0n) is 8.64. The van der Waals surface area contributed by atoms with E-state index in [1.165, 1.54) is 6.26 Å². The first-order valence-corrected chi connectivity index (χ1v) is 4.69. The van der Waals surface area contributed by atoms with Crippen LogP contribution in [0, 0.1) is 0 Å². The molecule has 2 heterocycles. The van der Waals surface area contributed by atoms with Gasteiger partial charge in [-0.2, -0.15) is 5.10 Å². The SMILES string of the molecule is C/C(=N\NC(=O)c1ccco1)c1ccco1. The predicted molar refractivity (Wildman–Crippen MR) is 57.1 cm³/mol. The van der Waals surface area contributed by atoms with Gasteiger partial charge >= 0.3 is 5.91 Å². The molecule has 0 unspecified atom stereocenters. The summed E-state index contributed by atoms with van der Waals surface area (Å²) >= 11 is 0. The molecule has 5 heteroatoms. The first-order chi connectivity index (χ1) is 7.77. The van der Waals surface area contributed by atoms with Crippen molar-refractivity contribution in [3.05, 3.63) is 48.3 Å². The van der Waals surface area contributed by atoms with E-state index in [-0.39, 0.29) is 5.76 Å². The monoisotopic (exact) mass is 218 g/mol. The molecule has 82 valence electrons. The van der Waals surface area contributed by atoms with Crippen molar-refractivity contribution in [1.29, 1.82) is 0 Å². The third-order valence-corrected chi connectivity index (χ3v) is 1.95. The van der Waals surface area contributed by atoms with Crippen molar-refractivity contribution in [2.45, 2.75) is 6.92 Å². The van der Waals surface area contributed by atoms with Gasteiger partial charge in [0, 0.05) is 0 Å². The molecule has 0 fully saturated rings. The van der Waals surface area contributed by atoms with Gasteiger partial charge in [0.05, 0.1) is 12.5 Å². The number of hydrogen-bond acceptors (Lipinski definition) is 4. The van der Waals surface area contributed by atoms with E-state index in [0.717, 1.165) is 0 Å². The molecule has 0 radical (unpaired) electrons. The van der Waals surface area contributed by atoms with Crippen LogP contribution in [0.5, 0.6) is 0 Å². The van der Waals surface area contributed by atoms with E-state index in [9.17, 15) is 4.79 Å². The fraction of sp³-hybridized carbons (Fsp3) is 0.0909. The molecule has 1 amide bonds. The van der Waals surface area contributed by atoms with Gasteiger partial charge in [-0.3, -0.25) is 4.79 Å². The largest absolute Gasteiger partial charge is 0.463 e. The second-order valence-corrected chi connectivity index (χ2v) is 3.09. The molecular weight excluding hydrogens is 208 g/mol. The van der Waals surface area contributed by atoms with Crippen molar-refractivity contribution in [2.24, 2.45) is 5.10 Å². The van der Waals surface area contributed by atoms with E-state index in [4.69, 9.17) is 8.83 Å². The van der Waals surface area contributed by atoms with Gasteiger partial charge in [-0.25, -0.2) is 5.43 Å². The summed E-state index contributed by atoms with van der Waals surface area (Å²) in [5, 5.41) is 3.89. The number of carbonyl (C=O) groups is 1. The molecule has 0 aliphatic rings. The lowest BCUT2D eigenvalue weighted by molar-refractivity contribution is 0.0927. The number of amides is 1. The molecule has 2 aromatic heterocycles. The lowest BCUT2D eigenvalue weighted by atomic mass is 10.3. The Morgan fingerprint density at radius 3 is 2.38 bits per heavy atom. The lowest BCUT2D eigenvalue weighted by Gasteiger charge is -1.97. The third kappa shape index (κ3) is 2.20. The lowest BCUT2D eigenvalue weighted by Crippen LogP contribution is -2.18. The second kappa shape index (κ2) is 4.48. The standard InChI is InChI=1S/C11H10N2O3/c1-8(9-4-2-6-15-9)12-13-11(14)10-5-3-7-16-10/h2-7H,1H3,(H,13,14)/b12-8+. The Hall–Kier alpha value is -2.30. The van der Waals surface area contributed by atoms with Gasteiger partial charge < -0.3 is 8.83 Å². The summed E-state index contributed by atoms with van der Waals surface area (Å²) in [5.74, 6) is 0.437. The molecule has 0 aromatic carbocycles. The Kier molecular flexibility index (Phi) is 2.86. The highest BCUT2D eigenvalue weighted by molar-refractivity contribution is 5.98. The van der Waals surface area contributed by atoms with Gasteiger partial charge in [0.2, 0.25) is 0 Å². The van der Waals surface area contributed by atoms with Crippen LogP contribution in [0.25, 0.3) is 0 Å². The second-order valence-electron chi connectivity index (χ2n) is 3.09. The number of nitrogens with one attached hydrogen (secondary N) is 1. The van der Waals surface area contributed by atoms with Crippen molar-refractivity contribution in [3.8, 4) is 0 Å². The molecule has 0 saturated carbocycles. The maximum atomic E-state index is 11.4. The molecule has 0 aliphatic heterocycles. The zero-order valence-corrected chi connectivity index (χ0v) is 8.64. The minimum absolute atomic E-state index is 0.219. The molecular formula is C11H10N2O3. The minimum atomic E-state index is -0.393. The van der Waals surface area contributed by atoms with Crippen LogP contribution in [0.3, 0.4) is 0 Å². The Morgan fingerprint density at radius 2 is 1.81 bits per heavy atom. The highest BCUT2D eigenvalue weighted by Crippen LogP contribution is 2.02. The maximum Gasteiger partial charge on any atom is 0.307 e. The van der Waals surface area contributed by atoms with Crippen LogP contribution in [0.2, 0.25) is 0 Å². The van der Waals surface area contributed by atoms with Crippen molar-refractivity contribution >= 4 is 11.6 Å². The molecule has 0 aliphatic carbocycles. The fourth-order valence-corrected chi connectivity index (χ4v) is 1.14. The number of rotatable bonds is 3. The van der Waals surface area contributed by atoms with Crippen LogP contribution >= 0.6 is 0 Å². The van der Waals surface area contributed by atoms with E-state index in [0.29, 0.717) is 11.5 Å². The average molecular weight is 218 g/mol. The number of hydrogen-bond donors (Lipinski definition) is 1. The minimum Gasteiger partial charge on any atom is -0.463 e. The van der Waals surface area contributed by atoms with Gasteiger partial charge in [-0.1, -0.05) is 0 Å². The highest BCUT2D eigenvalue weighted by atomic mass is 16.3. The van der Waals surface area contributed by atoms with Gasteiger partial charge in [0.15, 0.2) is 5.76 Å². The maximum absolute atomic E-state index is 11.4. The summed E-state index contributed by atoms with van der Waals surface area (Å²) in [6.45, 7) is 1.74. The molecule has 5 nitrogen and oxygen atoms in total. The first kappa shape index (κ1) is 10.2. The van der Waals surface area contributed by atoms with Crippen molar-refractivity contribution in [1.82, 2.24) is 5.43 Å². The normalized spacial score (nSPS) is 11.4. The summed E-state index contributed by atoms with van der Waals surface area (Å²) in [5.41, 5.74) is 2.96. The van der Waals surface area contributed by atoms with E-state index >= 15 is 0 Å².